The standard InChI is InChI=1S/C19H20N2O4/c1-20-15-8-9-16(23)14(12-13-6-3-2-4-7-13)17(15)18(24)21(19(20)25)10-5-11-22/h2-4,6-9,22-23H,5,10-12H2,1H3. The van der Waals surface area contributed by atoms with E-state index in [2.05, 4.69) is 0 Å². The molecule has 3 rings (SSSR count). The Balaban J connectivity index is 2.29. The molecule has 0 aliphatic rings. The first-order valence-corrected chi connectivity index (χ1v) is 8.13. The van der Waals surface area contributed by atoms with Gasteiger partial charge in [0.25, 0.3) is 5.56 Å². The Morgan fingerprint density at radius 3 is 2.44 bits per heavy atom. The summed E-state index contributed by atoms with van der Waals surface area (Å²) in [5.41, 5.74) is 1.08. The lowest BCUT2D eigenvalue weighted by molar-refractivity contribution is 0.277. The van der Waals surface area contributed by atoms with Crippen molar-refractivity contribution in [3.05, 3.63) is 74.4 Å². The predicted octanol–water partition coefficient (Wildman–Crippen LogP) is 1.38. The van der Waals surface area contributed by atoms with Gasteiger partial charge in [-0.25, -0.2) is 4.79 Å². The number of aryl methyl sites for hydroxylation is 1. The molecule has 0 spiro atoms. The molecule has 130 valence electrons. The van der Waals surface area contributed by atoms with Gasteiger partial charge in [-0.2, -0.15) is 0 Å². The van der Waals surface area contributed by atoms with E-state index in [4.69, 9.17) is 5.11 Å². The molecular weight excluding hydrogens is 320 g/mol. The second kappa shape index (κ2) is 6.94. The van der Waals surface area contributed by atoms with Crippen LogP contribution in [0.5, 0.6) is 5.75 Å². The molecule has 1 aromatic heterocycles. The second-order valence-corrected chi connectivity index (χ2v) is 6.00. The lowest BCUT2D eigenvalue weighted by Gasteiger charge is -2.14. The van der Waals surface area contributed by atoms with Gasteiger partial charge in [0.1, 0.15) is 5.75 Å². The molecule has 0 saturated carbocycles. The van der Waals surface area contributed by atoms with E-state index in [0.717, 1.165) is 10.1 Å². The number of aliphatic hydroxyl groups excluding tert-OH is 1. The average Bonchev–Trinajstić information content (AvgIpc) is 2.62. The summed E-state index contributed by atoms with van der Waals surface area (Å²) in [6.07, 6.45) is 0.699. The van der Waals surface area contributed by atoms with Gasteiger partial charge in [0.05, 0.1) is 10.9 Å². The van der Waals surface area contributed by atoms with Gasteiger partial charge in [0, 0.05) is 32.2 Å². The molecule has 6 nitrogen and oxygen atoms in total. The van der Waals surface area contributed by atoms with Crippen LogP contribution in [0.2, 0.25) is 0 Å². The van der Waals surface area contributed by atoms with Crippen molar-refractivity contribution in [2.45, 2.75) is 19.4 Å². The van der Waals surface area contributed by atoms with Crippen LogP contribution in [0.1, 0.15) is 17.5 Å². The van der Waals surface area contributed by atoms with E-state index in [1.165, 1.54) is 10.6 Å². The number of benzene rings is 2. The van der Waals surface area contributed by atoms with Crippen molar-refractivity contribution in [1.82, 2.24) is 9.13 Å². The molecule has 25 heavy (non-hydrogen) atoms. The smallest absolute Gasteiger partial charge is 0.331 e. The number of aliphatic hydroxyl groups is 1. The fourth-order valence-electron chi connectivity index (χ4n) is 3.05. The minimum atomic E-state index is -0.437. The van der Waals surface area contributed by atoms with Gasteiger partial charge in [-0.15, -0.1) is 0 Å². The van der Waals surface area contributed by atoms with Crippen LogP contribution in [0.25, 0.3) is 10.9 Å². The van der Waals surface area contributed by atoms with Gasteiger partial charge in [0.2, 0.25) is 0 Å². The molecule has 0 amide bonds. The van der Waals surface area contributed by atoms with Crippen LogP contribution in [0, 0.1) is 0 Å². The van der Waals surface area contributed by atoms with Gasteiger partial charge < -0.3 is 10.2 Å². The summed E-state index contributed by atoms with van der Waals surface area (Å²) >= 11 is 0. The number of nitrogens with zero attached hydrogens (tertiary/aromatic N) is 2. The van der Waals surface area contributed by atoms with E-state index in [1.54, 1.807) is 13.1 Å². The fourth-order valence-corrected chi connectivity index (χ4v) is 3.05. The Bertz CT molecular complexity index is 1020. The highest BCUT2D eigenvalue weighted by Gasteiger charge is 2.17. The van der Waals surface area contributed by atoms with Crippen LogP contribution >= 0.6 is 0 Å². The Labute approximate surface area is 144 Å². The number of phenolic OH excluding ortho intramolecular Hbond substituents is 1. The number of aromatic nitrogens is 2. The Kier molecular flexibility index (Phi) is 4.72. The topological polar surface area (TPSA) is 84.5 Å². The molecule has 0 bridgehead atoms. The first kappa shape index (κ1) is 17.0. The van der Waals surface area contributed by atoms with E-state index < -0.39 is 11.2 Å². The Morgan fingerprint density at radius 2 is 1.76 bits per heavy atom. The highest BCUT2D eigenvalue weighted by Crippen LogP contribution is 2.26. The quantitative estimate of drug-likeness (QED) is 0.735. The first-order chi connectivity index (χ1) is 12.0. The van der Waals surface area contributed by atoms with Crippen molar-refractivity contribution in [2.75, 3.05) is 6.61 Å². The van der Waals surface area contributed by atoms with Crippen LogP contribution in [0.15, 0.2) is 52.1 Å². The van der Waals surface area contributed by atoms with Crippen molar-refractivity contribution in [3.8, 4) is 5.75 Å². The van der Waals surface area contributed by atoms with Gasteiger partial charge in [-0.1, -0.05) is 30.3 Å². The predicted molar refractivity (Wildman–Crippen MR) is 96.1 cm³/mol. The van der Waals surface area contributed by atoms with Crippen LogP contribution in [0.4, 0.5) is 0 Å². The maximum Gasteiger partial charge on any atom is 0.331 e. The molecule has 0 atom stereocenters. The number of fused-ring (bicyclic) bond motifs is 1. The molecular formula is C19H20N2O4. The SMILES string of the molecule is Cn1c(=O)n(CCCO)c(=O)c2c(Cc3ccccc3)c(O)ccc21. The summed E-state index contributed by atoms with van der Waals surface area (Å²) in [5, 5.41) is 19.7. The second-order valence-electron chi connectivity index (χ2n) is 6.00. The van der Waals surface area contributed by atoms with Crippen molar-refractivity contribution in [2.24, 2.45) is 7.05 Å². The number of hydrogen-bond acceptors (Lipinski definition) is 4. The van der Waals surface area contributed by atoms with Gasteiger partial charge in [-0.05, 0) is 24.1 Å². The zero-order valence-corrected chi connectivity index (χ0v) is 14.0. The average molecular weight is 340 g/mol. The molecule has 6 heteroatoms. The monoisotopic (exact) mass is 340 g/mol. The number of hydrogen-bond donors (Lipinski definition) is 2. The minimum absolute atomic E-state index is 0.0285. The molecule has 2 N–H and O–H groups in total. The largest absolute Gasteiger partial charge is 0.508 e. The number of rotatable bonds is 5. The molecule has 3 aromatic rings. The molecule has 2 aromatic carbocycles. The molecule has 0 aliphatic carbocycles. The van der Waals surface area contributed by atoms with E-state index in [0.29, 0.717) is 29.3 Å². The Hall–Kier alpha value is -2.86. The van der Waals surface area contributed by atoms with Crippen molar-refractivity contribution in [3.63, 3.8) is 0 Å². The van der Waals surface area contributed by atoms with Crippen molar-refractivity contribution >= 4 is 10.9 Å². The van der Waals surface area contributed by atoms with Crippen LogP contribution in [-0.2, 0) is 20.0 Å². The zero-order chi connectivity index (χ0) is 18.0. The normalized spacial score (nSPS) is 11.1. The molecule has 0 unspecified atom stereocenters. The van der Waals surface area contributed by atoms with Gasteiger partial charge >= 0.3 is 5.69 Å². The maximum atomic E-state index is 12.9. The lowest BCUT2D eigenvalue weighted by atomic mass is 10.00. The van der Waals surface area contributed by atoms with Crippen LogP contribution in [-0.4, -0.2) is 26.0 Å². The number of phenols is 1. The lowest BCUT2D eigenvalue weighted by Crippen LogP contribution is -2.39. The summed E-state index contributed by atoms with van der Waals surface area (Å²) < 4.78 is 2.52. The molecule has 0 aliphatic heterocycles. The highest BCUT2D eigenvalue weighted by molar-refractivity contribution is 5.84. The Morgan fingerprint density at radius 1 is 1.04 bits per heavy atom. The molecule has 0 radical (unpaired) electrons. The van der Waals surface area contributed by atoms with E-state index in [-0.39, 0.29) is 18.9 Å². The molecule has 1 heterocycles. The molecule has 0 saturated heterocycles. The summed E-state index contributed by atoms with van der Waals surface area (Å²) in [4.78, 5) is 25.4. The first-order valence-electron chi connectivity index (χ1n) is 8.13. The maximum absolute atomic E-state index is 12.9. The van der Waals surface area contributed by atoms with Gasteiger partial charge in [-0.3, -0.25) is 13.9 Å². The number of aromatic hydroxyl groups is 1. The third-order valence-electron chi connectivity index (χ3n) is 4.37. The fraction of sp³-hybridized carbons (Fsp3) is 0.263. The van der Waals surface area contributed by atoms with Crippen molar-refractivity contribution in [1.29, 1.82) is 0 Å². The van der Waals surface area contributed by atoms with E-state index in [9.17, 15) is 14.7 Å². The summed E-state index contributed by atoms with van der Waals surface area (Å²) in [5.74, 6) is 0.0285. The summed E-state index contributed by atoms with van der Waals surface area (Å²) in [7, 11) is 1.60. The van der Waals surface area contributed by atoms with Crippen molar-refractivity contribution < 1.29 is 10.2 Å². The molecule has 0 fully saturated rings. The van der Waals surface area contributed by atoms with Crippen LogP contribution in [0.3, 0.4) is 0 Å². The minimum Gasteiger partial charge on any atom is -0.508 e. The highest BCUT2D eigenvalue weighted by atomic mass is 16.3. The van der Waals surface area contributed by atoms with E-state index in [1.807, 2.05) is 30.3 Å². The third-order valence-corrected chi connectivity index (χ3v) is 4.37. The summed E-state index contributed by atoms with van der Waals surface area (Å²) in [6, 6.07) is 12.6. The third kappa shape index (κ3) is 3.08. The van der Waals surface area contributed by atoms with E-state index >= 15 is 0 Å². The zero-order valence-electron chi connectivity index (χ0n) is 14.0. The summed E-state index contributed by atoms with van der Waals surface area (Å²) in [6.45, 7) is 0.0307. The van der Waals surface area contributed by atoms with Gasteiger partial charge in [0.15, 0.2) is 0 Å². The van der Waals surface area contributed by atoms with Crippen LogP contribution < -0.4 is 11.2 Å².